The third-order valence-corrected chi connectivity index (χ3v) is 2.17. The normalized spacial score (nSPS) is 9.87. The summed E-state index contributed by atoms with van der Waals surface area (Å²) >= 11 is 0. The topological polar surface area (TPSA) is 49.9 Å². The molecule has 0 unspecified atom stereocenters. The second-order valence-electron chi connectivity index (χ2n) is 3.15. The van der Waals surface area contributed by atoms with Crippen LogP contribution in [0.1, 0.15) is 10.4 Å². The molecular weight excluding hydrogens is 190 g/mol. The average molecular weight is 199 g/mol. The number of aromatic nitrogens is 1. The summed E-state index contributed by atoms with van der Waals surface area (Å²) in [5, 5.41) is 0. The van der Waals surface area contributed by atoms with Crippen LogP contribution in [0.3, 0.4) is 0 Å². The van der Waals surface area contributed by atoms with Crippen molar-refractivity contribution < 1.29 is 4.79 Å². The van der Waals surface area contributed by atoms with Gasteiger partial charge < -0.3 is 4.98 Å². The molecule has 0 atom stereocenters. The Hall–Kier alpha value is -2.16. The SMILES string of the molecule is O=Cc1c[nH]c(=O)cc1-c1ccccc1. The predicted octanol–water partition coefficient (Wildman–Crippen LogP) is 1.85. The van der Waals surface area contributed by atoms with Crippen molar-refractivity contribution >= 4 is 6.29 Å². The summed E-state index contributed by atoms with van der Waals surface area (Å²) in [6, 6.07) is 10.8. The molecule has 1 aromatic heterocycles. The number of benzene rings is 1. The second kappa shape index (κ2) is 3.92. The zero-order chi connectivity index (χ0) is 10.7. The Kier molecular flexibility index (Phi) is 2.46. The van der Waals surface area contributed by atoms with Gasteiger partial charge in [0.2, 0.25) is 5.56 Å². The summed E-state index contributed by atoms with van der Waals surface area (Å²) in [5.74, 6) is 0. The second-order valence-corrected chi connectivity index (χ2v) is 3.15. The summed E-state index contributed by atoms with van der Waals surface area (Å²) in [4.78, 5) is 24.4. The highest BCUT2D eigenvalue weighted by molar-refractivity contribution is 5.86. The molecular formula is C12H9NO2. The van der Waals surface area contributed by atoms with E-state index < -0.39 is 0 Å². The fourth-order valence-corrected chi connectivity index (χ4v) is 1.45. The van der Waals surface area contributed by atoms with Gasteiger partial charge in [-0.05, 0) is 11.1 Å². The van der Waals surface area contributed by atoms with Crippen LogP contribution in [0.2, 0.25) is 0 Å². The molecule has 3 heteroatoms. The highest BCUT2D eigenvalue weighted by Gasteiger charge is 2.04. The molecule has 15 heavy (non-hydrogen) atoms. The first-order valence-electron chi connectivity index (χ1n) is 4.54. The Balaban J connectivity index is 2.66. The summed E-state index contributed by atoms with van der Waals surface area (Å²) in [6.07, 6.45) is 2.16. The van der Waals surface area contributed by atoms with Crippen LogP contribution in [0, 0.1) is 0 Å². The quantitative estimate of drug-likeness (QED) is 0.750. The number of aldehydes is 1. The molecule has 2 aromatic rings. The average Bonchev–Trinajstić information content (AvgIpc) is 2.30. The maximum Gasteiger partial charge on any atom is 0.248 e. The van der Waals surface area contributed by atoms with E-state index in [1.165, 1.54) is 12.3 Å². The largest absolute Gasteiger partial charge is 0.328 e. The maximum atomic E-state index is 11.2. The van der Waals surface area contributed by atoms with Crippen molar-refractivity contribution in [3.05, 3.63) is 58.5 Å². The third kappa shape index (κ3) is 1.86. The fourth-order valence-electron chi connectivity index (χ4n) is 1.45. The van der Waals surface area contributed by atoms with E-state index in [0.717, 1.165) is 11.8 Å². The molecule has 0 amide bonds. The molecule has 0 fully saturated rings. The van der Waals surface area contributed by atoms with E-state index in [-0.39, 0.29) is 5.56 Å². The Morgan fingerprint density at radius 2 is 1.87 bits per heavy atom. The van der Waals surface area contributed by atoms with Crippen LogP contribution in [0.15, 0.2) is 47.4 Å². The zero-order valence-electron chi connectivity index (χ0n) is 7.94. The number of aromatic amines is 1. The minimum Gasteiger partial charge on any atom is -0.328 e. The minimum absolute atomic E-state index is 0.209. The highest BCUT2D eigenvalue weighted by atomic mass is 16.1. The smallest absolute Gasteiger partial charge is 0.248 e. The zero-order valence-corrected chi connectivity index (χ0v) is 7.94. The van der Waals surface area contributed by atoms with Crippen molar-refractivity contribution in [1.82, 2.24) is 4.98 Å². The lowest BCUT2D eigenvalue weighted by atomic mass is 10.0. The molecule has 0 spiro atoms. The molecule has 0 aliphatic carbocycles. The highest BCUT2D eigenvalue weighted by Crippen LogP contribution is 2.19. The summed E-state index contributed by atoms with van der Waals surface area (Å²) in [6.45, 7) is 0. The number of carbonyl (C=O) groups excluding carboxylic acids is 1. The first kappa shape index (κ1) is 9.40. The van der Waals surface area contributed by atoms with Crippen molar-refractivity contribution in [2.75, 3.05) is 0 Å². The van der Waals surface area contributed by atoms with Gasteiger partial charge in [-0.15, -0.1) is 0 Å². The molecule has 1 heterocycles. The van der Waals surface area contributed by atoms with Crippen molar-refractivity contribution in [1.29, 1.82) is 0 Å². The molecule has 3 nitrogen and oxygen atoms in total. The van der Waals surface area contributed by atoms with E-state index >= 15 is 0 Å². The third-order valence-electron chi connectivity index (χ3n) is 2.17. The van der Waals surface area contributed by atoms with Crippen LogP contribution in [0.25, 0.3) is 11.1 Å². The number of pyridine rings is 1. The van der Waals surface area contributed by atoms with Crippen LogP contribution < -0.4 is 5.56 Å². The van der Waals surface area contributed by atoms with Gasteiger partial charge in [0.15, 0.2) is 6.29 Å². The number of H-pyrrole nitrogens is 1. The van der Waals surface area contributed by atoms with Gasteiger partial charge >= 0.3 is 0 Å². The van der Waals surface area contributed by atoms with Gasteiger partial charge in [-0.1, -0.05) is 30.3 Å². The summed E-state index contributed by atoms with van der Waals surface area (Å²) < 4.78 is 0. The van der Waals surface area contributed by atoms with E-state index in [9.17, 15) is 9.59 Å². The molecule has 0 radical (unpaired) electrons. The lowest BCUT2D eigenvalue weighted by molar-refractivity contribution is 0.112. The number of carbonyl (C=O) groups is 1. The molecule has 0 bridgehead atoms. The van der Waals surface area contributed by atoms with Gasteiger partial charge in [0.25, 0.3) is 0 Å². The molecule has 0 aliphatic rings. The van der Waals surface area contributed by atoms with Gasteiger partial charge in [0.05, 0.1) is 0 Å². The molecule has 1 aromatic carbocycles. The van der Waals surface area contributed by atoms with E-state index in [1.54, 1.807) is 0 Å². The van der Waals surface area contributed by atoms with Gasteiger partial charge in [-0.2, -0.15) is 0 Å². The van der Waals surface area contributed by atoms with E-state index in [0.29, 0.717) is 11.1 Å². The number of nitrogens with one attached hydrogen (secondary N) is 1. The lowest BCUT2D eigenvalue weighted by Gasteiger charge is -2.02. The Morgan fingerprint density at radius 1 is 1.13 bits per heavy atom. The number of rotatable bonds is 2. The maximum absolute atomic E-state index is 11.2. The molecule has 0 saturated carbocycles. The van der Waals surface area contributed by atoms with Crippen molar-refractivity contribution in [3.8, 4) is 11.1 Å². The fraction of sp³-hybridized carbons (Fsp3) is 0. The minimum atomic E-state index is -0.209. The molecule has 74 valence electrons. The van der Waals surface area contributed by atoms with Crippen LogP contribution in [0.4, 0.5) is 0 Å². The first-order valence-corrected chi connectivity index (χ1v) is 4.54. The van der Waals surface area contributed by atoms with Crippen molar-refractivity contribution in [3.63, 3.8) is 0 Å². The monoisotopic (exact) mass is 199 g/mol. The van der Waals surface area contributed by atoms with Gasteiger partial charge in [-0.3, -0.25) is 9.59 Å². The first-order chi connectivity index (χ1) is 7.31. The van der Waals surface area contributed by atoms with E-state index in [2.05, 4.69) is 4.98 Å². The summed E-state index contributed by atoms with van der Waals surface area (Å²) in [7, 11) is 0. The Morgan fingerprint density at radius 3 is 2.53 bits per heavy atom. The molecule has 0 aliphatic heterocycles. The number of hydrogen-bond acceptors (Lipinski definition) is 2. The Labute approximate surface area is 86.4 Å². The van der Waals surface area contributed by atoms with E-state index in [1.807, 2.05) is 30.3 Å². The van der Waals surface area contributed by atoms with Crippen molar-refractivity contribution in [2.24, 2.45) is 0 Å². The van der Waals surface area contributed by atoms with Crippen LogP contribution >= 0.6 is 0 Å². The van der Waals surface area contributed by atoms with Crippen LogP contribution in [0.5, 0.6) is 0 Å². The van der Waals surface area contributed by atoms with Crippen molar-refractivity contribution in [2.45, 2.75) is 0 Å². The summed E-state index contributed by atoms with van der Waals surface area (Å²) in [5.41, 5.74) is 1.81. The molecule has 0 saturated heterocycles. The van der Waals surface area contributed by atoms with Crippen LogP contribution in [-0.4, -0.2) is 11.3 Å². The Bertz CT molecular complexity index is 529. The molecule has 2 rings (SSSR count). The van der Waals surface area contributed by atoms with Gasteiger partial charge in [0.1, 0.15) is 0 Å². The van der Waals surface area contributed by atoms with Gasteiger partial charge in [-0.25, -0.2) is 0 Å². The van der Waals surface area contributed by atoms with E-state index in [4.69, 9.17) is 0 Å². The lowest BCUT2D eigenvalue weighted by Crippen LogP contribution is -2.05. The van der Waals surface area contributed by atoms with Gasteiger partial charge in [0, 0.05) is 17.8 Å². The number of hydrogen-bond donors (Lipinski definition) is 1. The standard InChI is InChI=1S/C12H9NO2/c14-8-10-7-13-12(15)6-11(10)9-4-2-1-3-5-9/h1-8H,(H,13,15). The molecule has 1 N–H and O–H groups in total. The van der Waals surface area contributed by atoms with Crippen LogP contribution in [-0.2, 0) is 0 Å². The predicted molar refractivity (Wildman–Crippen MR) is 57.9 cm³/mol.